The second kappa shape index (κ2) is 6.13. The molecule has 1 unspecified atom stereocenters. The largest absolute Gasteiger partial charge is 0.352 e. The van der Waals surface area contributed by atoms with Crippen LogP contribution < -0.4 is 15.8 Å². The Morgan fingerprint density at radius 1 is 1.48 bits per heavy atom. The van der Waals surface area contributed by atoms with Gasteiger partial charge in [0.25, 0.3) is 0 Å². The molecule has 1 aromatic rings. The second-order valence-corrected chi connectivity index (χ2v) is 7.28. The van der Waals surface area contributed by atoms with E-state index in [-0.39, 0.29) is 17.3 Å². The van der Waals surface area contributed by atoms with E-state index in [1.165, 1.54) is 12.1 Å². The number of primary sulfonamides is 1. The van der Waals surface area contributed by atoms with E-state index in [0.29, 0.717) is 12.1 Å². The molecule has 7 heteroatoms. The first kappa shape index (κ1) is 15.9. The van der Waals surface area contributed by atoms with Gasteiger partial charge in [-0.15, -0.1) is 0 Å². The SMILES string of the molecule is CC1(C(=O)NCc2cccc(S(N)(=O)=O)c2)CCCNC1. The van der Waals surface area contributed by atoms with Crippen molar-refractivity contribution in [1.82, 2.24) is 10.6 Å². The highest BCUT2D eigenvalue weighted by Crippen LogP contribution is 2.25. The van der Waals surface area contributed by atoms with Gasteiger partial charge in [0.05, 0.1) is 10.3 Å². The number of nitrogens with one attached hydrogen (secondary N) is 2. The highest BCUT2D eigenvalue weighted by atomic mass is 32.2. The molecular weight excluding hydrogens is 290 g/mol. The van der Waals surface area contributed by atoms with Gasteiger partial charge in [0.15, 0.2) is 0 Å². The van der Waals surface area contributed by atoms with E-state index >= 15 is 0 Å². The number of benzene rings is 1. The average molecular weight is 311 g/mol. The number of amides is 1. The van der Waals surface area contributed by atoms with E-state index < -0.39 is 15.4 Å². The standard InChI is InChI=1S/C14H21N3O3S/c1-14(6-3-7-16-10-14)13(18)17-9-11-4-2-5-12(8-11)21(15,19)20/h2,4-5,8,16H,3,6-7,9-10H2,1H3,(H,17,18)(H2,15,19,20). The van der Waals surface area contributed by atoms with E-state index in [2.05, 4.69) is 10.6 Å². The van der Waals surface area contributed by atoms with Gasteiger partial charge in [0.2, 0.25) is 15.9 Å². The Hall–Kier alpha value is -1.44. The minimum Gasteiger partial charge on any atom is -0.352 e. The van der Waals surface area contributed by atoms with Crippen molar-refractivity contribution >= 4 is 15.9 Å². The molecule has 1 heterocycles. The van der Waals surface area contributed by atoms with Gasteiger partial charge in [-0.2, -0.15) is 0 Å². The van der Waals surface area contributed by atoms with Crippen molar-refractivity contribution in [2.45, 2.75) is 31.2 Å². The van der Waals surface area contributed by atoms with Crippen LogP contribution in [0.5, 0.6) is 0 Å². The molecule has 1 aromatic carbocycles. The van der Waals surface area contributed by atoms with Crippen LogP contribution in [0, 0.1) is 5.41 Å². The third kappa shape index (κ3) is 4.03. The van der Waals surface area contributed by atoms with Gasteiger partial charge in [-0.3, -0.25) is 4.79 Å². The van der Waals surface area contributed by atoms with Crippen molar-refractivity contribution in [3.05, 3.63) is 29.8 Å². The normalized spacial score (nSPS) is 22.8. The molecule has 1 fully saturated rings. The third-order valence-corrected chi connectivity index (χ3v) is 4.74. The van der Waals surface area contributed by atoms with Crippen LogP contribution in [0.2, 0.25) is 0 Å². The highest BCUT2D eigenvalue weighted by Gasteiger charge is 2.34. The average Bonchev–Trinajstić information content (AvgIpc) is 2.45. The molecule has 1 amide bonds. The number of nitrogens with two attached hydrogens (primary N) is 1. The minimum atomic E-state index is -3.72. The van der Waals surface area contributed by atoms with Crippen LogP contribution in [-0.2, 0) is 21.4 Å². The van der Waals surface area contributed by atoms with Crippen LogP contribution in [0.15, 0.2) is 29.2 Å². The van der Waals surface area contributed by atoms with Crippen LogP contribution in [0.3, 0.4) is 0 Å². The van der Waals surface area contributed by atoms with Gasteiger partial charge < -0.3 is 10.6 Å². The number of rotatable bonds is 4. The number of sulfonamides is 1. The third-order valence-electron chi connectivity index (χ3n) is 3.83. The number of hydrogen-bond acceptors (Lipinski definition) is 4. The Morgan fingerprint density at radius 3 is 2.86 bits per heavy atom. The molecule has 0 aromatic heterocycles. The Kier molecular flexibility index (Phi) is 4.65. The quantitative estimate of drug-likeness (QED) is 0.746. The maximum Gasteiger partial charge on any atom is 0.238 e. The van der Waals surface area contributed by atoms with Crippen LogP contribution in [0.4, 0.5) is 0 Å². The first-order valence-corrected chi connectivity index (χ1v) is 8.47. The molecule has 1 aliphatic rings. The Labute approximate surface area is 125 Å². The molecule has 1 saturated heterocycles. The van der Waals surface area contributed by atoms with E-state index in [9.17, 15) is 13.2 Å². The summed E-state index contributed by atoms with van der Waals surface area (Å²) in [5.41, 5.74) is 0.303. The molecule has 1 aliphatic heterocycles. The fraction of sp³-hybridized carbons (Fsp3) is 0.500. The van der Waals surface area contributed by atoms with Crippen molar-refractivity contribution in [2.75, 3.05) is 13.1 Å². The molecule has 2 rings (SSSR count). The summed E-state index contributed by atoms with van der Waals surface area (Å²) in [5, 5.41) is 11.2. The van der Waals surface area contributed by atoms with Gasteiger partial charge in [0, 0.05) is 13.1 Å². The first-order chi connectivity index (χ1) is 9.81. The van der Waals surface area contributed by atoms with Gasteiger partial charge >= 0.3 is 0 Å². The van der Waals surface area contributed by atoms with Gasteiger partial charge in [-0.25, -0.2) is 13.6 Å². The summed E-state index contributed by atoms with van der Waals surface area (Å²) >= 11 is 0. The molecule has 0 aliphatic carbocycles. The maximum atomic E-state index is 12.3. The van der Waals surface area contributed by atoms with Crippen LogP contribution in [-0.4, -0.2) is 27.4 Å². The second-order valence-electron chi connectivity index (χ2n) is 5.72. The molecule has 0 saturated carbocycles. The molecule has 0 radical (unpaired) electrons. The first-order valence-electron chi connectivity index (χ1n) is 6.92. The lowest BCUT2D eigenvalue weighted by atomic mass is 9.82. The summed E-state index contributed by atoms with van der Waals surface area (Å²) in [5.74, 6) is -0.0179. The molecule has 21 heavy (non-hydrogen) atoms. The van der Waals surface area contributed by atoms with Gasteiger partial charge in [-0.1, -0.05) is 12.1 Å². The Balaban J connectivity index is 2.01. The lowest BCUT2D eigenvalue weighted by Crippen LogP contribution is -2.48. The Bertz CT molecular complexity index is 622. The molecule has 0 spiro atoms. The zero-order valence-electron chi connectivity index (χ0n) is 12.1. The zero-order valence-corrected chi connectivity index (χ0v) is 12.9. The summed E-state index contributed by atoms with van der Waals surface area (Å²) in [4.78, 5) is 12.3. The molecule has 6 nitrogen and oxygen atoms in total. The molecule has 116 valence electrons. The lowest BCUT2D eigenvalue weighted by Gasteiger charge is -2.32. The van der Waals surface area contributed by atoms with E-state index in [4.69, 9.17) is 5.14 Å². The fourth-order valence-corrected chi connectivity index (χ4v) is 3.06. The summed E-state index contributed by atoms with van der Waals surface area (Å²) in [6, 6.07) is 6.30. The lowest BCUT2D eigenvalue weighted by molar-refractivity contribution is -0.131. The summed E-state index contributed by atoms with van der Waals surface area (Å²) in [7, 11) is -3.72. The van der Waals surface area contributed by atoms with Gasteiger partial charge in [0.1, 0.15) is 0 Å². The molecule has 4 N–H and O–H groups in total. The molecular formula is C14H21N3O3S. The summed E-state index contributed by atoms with van der Waals surface area (Å²) in [6.45, 7) is 3.84. The predicted octanol–water partition coefficient (Wildman–Crippen LogP) is 0.340. The monoisotopic (exact) mass is 311 g/mol. The molecule has 0 bridgehead atoms. The zero-order chi connectivity index (χ0) is 15.5. The summed E-state index contributed by atoms with van der Waals surface area (Å²) in [6.07, 6.45) is 1.83. The van der Waals surface area contributed by atoms with Crippen LogP contribution in [0.1, 0.15) is 25.3 Å². The topological polar surface area (TPSA) is 101 Å². The number of carbonyl (C=O) groups is 1. The summed E-state index contributed by atoms with van der Waals surface area (Å²) < 4.78 is 22.6. The maximum absolute atomic E-state index is 12.3. The Morgan fingerprint density at radius 2 is 2.24 bits per heavy atom. The van der Waals surface area contributed by atoms with E-state index in [1.807, 2.05) is 6.92 Å². The number of carbonyl (C=O) groups excluding carboxylic acids is 1. The van der Waals surface area contributed by atoms with Crippen molar-refractivity contribution in [3.8, 4) is 0 Å². The van der Waals surface area contributed by atoms with Gasteiger partial charge in [-0.05, 0) is 44.0 Å². The van der Waals surface area contributed by atoms with Crippen LogP contribution in [0.25, 0.3) is 0 Å². The van der Waals surface area contributed by atoms with Crippen molar-refractivity contribution in [1.29, 1.82) is 0 Å². The number of piperidine rings is 1. The smallest absolute Gasteiger partial charge is 0.238 e. The van der Waals surface area contributed by atoms with Crippen molar-refractivity contribution in [2.24, 2.45) is 10.6 Å². The fourth-order valence-electron chi connectivity index (χ4n) is 2.48. The predicted molar refractivity (Wildman–Crippen MR) is 79.9 cm³/mol. The number of hydrogen-bond donors (Lipinski definition) is 3. The highest BCUT2D eigenvalue weighted by molar-refractivity contribution is 7.89. The minimum absolute atomic E-state index is 0.0179. The van der Waals surface area contributed by atoms with Crippen molar-refractivity contribution < 1.29 is 13.2 Å². The van der Waals surface area contributed by atoms with Crippen molar-refractivity contribution in [3.63, 3.8) is 0 Å². The van der Waals surface area contributed by atoms with E-state index in [0.717, 1.165) is 19.4 Å². The molecule has 1 atom stereocenters. The van der Waals surface area contributed by atoms with Crippen LogP contribution >= 0.6 is 0 Å². The van der Waals surface area contributed by atoms with E-state index in [1.54, 1.807) is 12.1 Å².